The minimum Gasteiger partial charge on any atom is -0.0683 e. The average molecular weight is 277 g/mol. The van der Waals surface area contributed by atoms with Gasteiger partial charge in [0.1, 0.15) is 0 Å². The zero-order valence-corrected chi connectivity index (χ0v) is 15.0. The summed E-state index contributed by atoms with van der Waals surface area (Å²) in [7, 11) is 0. The van der Waals surface area contributed by atoms with Crippen molar-refractivity contribution in [1.82, 2.24) is 0 Å². The molecule has 0 aromatic heterocycles. The fourth-order valence-corrected chi connectivity index (χ4v) is 1.13. The Morgan fingerprint density at radius 2 is 0.700 bits per heavy atom. The van der Waals surface area contributed by atoms with E-state index in [2.05, 4.69) is 62.4 Å². The lowest BCUT2D eigenvalue weighted by Crippen LogP contribution is -1.67. The Morgan fingerprint density at radius 3 is 0.850 bits per heavy atom. The van der Waals surface area contributed by atoms with E-state index in [4.69, 9.17) is 0 Å². The first-order valence-electron chi connectivity index (χ1n) is 8.32. The van der Waals surface area contributed by atoms with Crippen molar-refractivity contribution in [3.8, 4) is 0 Å². The Labute approximate surface area is 128 Å². The van der Waals surface area contributed by atoms with Gasteiger partial charge in [0.2, 0.25) is 0 Å². The molecule has 0 atom stereocenters. The standard InChI is InChI=1S/C10H8.C4H10.3C2H6/c1-2-6-10-8-4-3-7-9(10)5-1;1-3-4-2;3*1-2/h1-8H;3-4H2,1-2H3;3*1-2H3. The molecule has 0 saturated carbocycles. The maximum absolute atomic E-state index is 2.18. The van der Waals surface area contributed by atoms with Gasteiger partial charge in [0.25, 0.3) is 0 Å². The van der Waals surface area contributed by atoms with E-state index < -0.39 is 0 Å². The third-order valence-corrected chi connectivity index (χ3v) is 2.16. The second-order valence-electron chi connectivity index (χ2n) is 3.35. The summed E-state index contributed by atoms with van der Waals surface area (Å²) in [5, 5.41) is 2.62. The van der Waals surface area contributed by atoms with E-state index in [9.17, 15) is 0 Å². The Hall–Kier alpha value is -1.30. The van der Waals surface area contributed by atoms with Crippen molar-refractivity contribution >= 4 is 10.8 Å². The van der Waals surface area contributed by atoms with E-state index in [0.717, 1.165) is 0 Å². The van der Waals surface area contributed by atoms with Gasteiger partial charge in [-0.1, -0.05) is 117 Å². The summed E-state index contributed by atoms with van der Waals surface area (Å²) in [5.74, 6) is 0. The van der Waals surface area contributed by atoms with Crippen LogP contribution in [0.2, 0.25) is 0 Å². The second-order valence-corrected chi connectivity index (χ2v) is 3.35. The molecular weight excluding hydrogens is 240 g/mol. The number of benzene rings is 2. The summed E-state index contributed by atoms with van der Waals surface area (Å²) in [6, 6.07) is 16.7. The van der Waals surface area contributed by atoms with Crippen molar-refractivity contribution in [3.05, 3.63) is 48.5 Å². The summed E-state index contributed by atoms with van der Waals surface area (Å²) in [4.78, 5) is 0. The van der Waals surface area contributed by atoms with Crippen LogP contribution in [-0.4, -0.2) is 0 Å². The third-order valence-electron chi connectivity index (χ3n) is 2.16. The van der Waals surface area contributed by atoms with E-state index in [0.29, 0.717) is 0 Å². The van der Waals surface area contributed by atoms with Crippen molar-refractivity contribution in [2.75, 3.05) is 0 Å². The molecule has 0 radical (unpaired) electrons. The Bertz CT molecular complexity index is 296. The number of rotatable bonds is 1. The van der Waals surface area contributed by atoms with Crippen LogP contribution < -0.4 is 0 Å². The lowest BCUT2D eigenvalue weighted by Gasteiger charge is -1.92. The average Bonchev–Trinajstić information content (AvgIpc) is 2.60. The molecule has 2 rings (SSSR count). The van der Waals surface area contributed by atoms with Crippen molar-refractivity contribution in [2.24, 2.45) is 0 Å². The van der Waals surface area contributed by atoms with Gasteiger partial charge in [-0.05, 0) is 10.8 Å². The molecule has 0 aliphatic carbocycles. The van der Waals surface area contributed by atoms with E-state index in [1.165, 1.54) is 23.6 Å². The van der Waals surface area contributed by atoms with Gasteiger partial charge in [0.05, 0.1) is 0 Å². The fraction of sp³-hybridized carbons (Fsp3) is 0.500. The lowest BCUT2D eigenvalue weighted by atomic mass is 10.1. The largest absolute Gasteiger partial charge is 0.0683 e. The molecular formula is C20H36. The maximum Gasteiger partial charge on any atom is -0.0184 e. The van der Waals surface area contributed by atoms with E-state index >= 15 is 0 Å². The Balaban J connectivity index is -0.000000247. The first-order chi connectivity index (χ1) is 9.88. The van der Waals surface area contributed by atoms with Gasteiger partial charge < -0.3 is 0 Å². The molecule has 0 unspecified atom stereocenters. The summed E-state index contributed by atoms with van der Waals surface area (Å²) in [6.07, 6.45) is 2.64. The zero-order chi connectivity index (χ0) is 16.2. The molecule has 0 N–H and O–H groups in total. The van der Waals surface area contributed by atoms with Crippen LogP contribution in [0.5, 0.6) is 0 Å². The number of hydrogen-bond donors (Lipinski definition) is 0. The highest BCUT2D eigenvalue weighted by Crippen LogP contribution is 2.11. The molecule has 116 valence electrons. The van der Waals surface area contributed by atoms with Crippen LogP contribution in [0.15, 0.2) is 48.5 Å². The molecule has 2 aromatic rings. The van der Waals surface area contributed by atoms with E-state index in [1.54, 1.807) is 0 Å². The topological polar surface area (TPSA) is 0 Å². The number of fused-ring (bicyclic) bond motifs is 1. The molecule has 0 heterocycles. The molecule has 0 spiro atoms. The minimum absolute atomic E-state index is 1.31. The molecule has 0 aliphatic heterocycles. The van der Waals surface area contributed by atoms with Crippen LogP contribution in [0.3, 0.4) is 0 Å². The van der Waals surface area contributed by atoms with E-state index in [-0.39, 0.29) is 0 Å². The zero-order valence-electron chi connectivity index (χ0n) is 15.0. The molecule has 0 amide bonds. The highest BCUT2D eigenvalue weighted by molar-refractivity contribution is 5.81. The van der Waals surface area contributed by atoms with Gasteiger partial charge >= 0.3 is 0 Å². The van der Waals surface area contributed by atoms with Crippen molar-refractivity contribution < 1.29 is 0 Å². The van der Waals surface area contributed by atoms with Crippen LogP contribution >= 0.6 is 0 Å². The Morgan fingerprint density at radius 1 is 0.500 bits per heavy atom. The normalized spacial score (nSPS) is 7.40. The predicted octanol–water partition coefficient (Wildman–Crippen LogP) is 7.72. The summed E-state index contributed by atoms with van der Waals surface area (Å²) in [5.41, 5.74) is 0. The van der Waals surface area contributed by atoms with Crippen LogP contribution in [-0.2, 0) is 0 Å². The highest BCUT2D eigenvalue weighted by Gasteiger charge is 1.85. The molecule has 0 saturated heterocycles. The lowest BCUT2D eigenvalue weighted by molar-refractivity contribution is 0.886. The molecule has 0 bridgehead atoms. The second kappa shape index (κ2) is 22.8. The van der Waals surface area contributed by atoms with Gasteiger partial charge in [0, 0.05) is 0 Å². The fourth-order valence-electron chi connectivity index (χ4n) is 1.13. The summed E-state index contributed by atoms with van der Waals surface area (Å²) >= 11 is 0. The van der Waals surface area contributed by atoms with Gasteiger partial charge in [-0.25, -0.2) is 0 Å². The summed E-state index contributed by atoms with van der Waals surface area (Å²) in [6.45, 7) is 16.4. The monoisotopic (exact) mass is 276 g/mol. The van der Waals surface area contributed by atoms with Gasteiger partial charge in [0.15, 0.2) is 0 Å². The quantitative estimate of drug-likeness (QED) is 0.500. The predicted molar refractivity (Wildman–Crippen MR) is 98.6 cm³/mol. The number of hydrogen-bond acceptors (Lipinski definition) is 0. The first-order valence-corrected chi connectivity index (χ1v) is 8.32. The number of unbranched alkanes of at least 4 members (excludes halogenated alkanes) is 1. The highest BCUT2D eigenvalue weighted by atomic mass is 13.9. The molecule has 0 aliphatic rings. The third kappa shape index (κ3) is 13.1. The minimum atomic E-state index is 1.31. The van der Waals surface area contributed by atoms with Crippen LogP contribution in [0.25, 0.3) is 10.8 Å². The molecule has 0 heteroatoms. The Kier molecular flexibility index (Phi) is 27.1. The smallest absolute Gasteiger partial charge is 0.0184 e. The van der Waals surface area contributed by atoms with Gasteiger partial charge in [-0.2, -0.15) is 0 Å². The first kappa shape index (κ1) is 23.8. The van der Waals surface area contributed by atoms with Crippen LogP contribution in [0.1, 0.15) is 68.2 Å². The SMILES string of the molecule is CC.CC.CC.CCCC.c1ccc2ccccc2c1. The molecule has 0 nitrogen and oxygen atoms in total. The molecule has 2 aromatic carbocycles. The van der Waals surface area contributed by atoms with Crippen molar-refractivity contribution in [1.29, 1.82) is 0 Å². The van der Waals surface area contributed by atoms with Crippen LogP contribution in [0.4, 0.5) is 0 Å². The van der Waals surface area contributed by atoms with Crippen molar-refractivity contribution in [3.63, 3.8) is 0 Å². The maximum atomic E-state index is 2.18. The van der Waals surface area contributed by atoms with Gasteiger partial charge in [-0.15, -0.1) is 0 Å². The summed E-state index contributed by atoms with van der Waals surface area (Å²) < 4.78 is 0. The van der Waals surface area contributed by atoms with Crippen molar-refractivity contribution in [2.45, 2.75) is 68.2 Å². The van der Waals surface area contributed by atoms with E-state index in [1.807, 2.05) is 41.5 Å². The van der Waals surface area contributed by atoms with Crippen LogP contribution in [0, 0.1) is 0 Å². The van der Waals surface area contributed by atoms with Gasteiger partial charge in [-0.3, -0.25) is 0 Å². The molecule has 0 fully saturated rings. The molecule has 20 heavy (non-hydrogen) atoms.